The second-order valence-corrected chi connectivity index (χ2v) is 8.66. The van der Waals surface area contributed by atoms with Crippen LogP contribution in [0.5, 0.6) is 5.75 Å². The smallest absolute Gasteiger partial charge is 0.261 e. The van der Waals surface area contributed by atoms with E-state index in [4.69, 9.17) is 4.74 Å². The molecule has 0 aliphatic carbocycles. The highest BCUT2D eigenvalue weighted by molar-refractivity contribution is 7.92. The molecule has 0 aromatic heterocycles. The molecule has 0 bridgehead atoms. The quantitative estimate of drug-likeness (QED) is 0.786. The lowest BCUT2D eigenvalue weighted by molar-refractivity contribution is -0.117. The van der Waals surface area contributed by atoms with Gasteiger partial charge in [0.1, 0.15) is 5.75 Å². The summed E-state index contributed by atoms with van der Waals surface area (Å²) in [6.07, 6.45) is 1.35. The van der Waals surface area contributed by atoms with Crippen molar-refractivity contribution in [1.29, 1.82) is 0 Å². The van der Waals surface area contributed by atoms with Crippen molar-refractivity contribution in [3.63, 3.8) is 0 Å². The molecule has 0 spiro atoms. The number of carbonyl (C=O) groups is 1. The number of nitrogens with one attached hydrogen (secondary N) is 1. The van der Waals surface area contributed by atoms with Crippen LogP contribution in [0, 0.1) is 5.92 Å². The molecular formula is C20H24N2O4S. The number of benzene rings is 2. The van der Waals surface area contributed by atoms with E-state index >= 15 is 0 Å². The molecule has 0 radical (unpaired) electrons. The molecule has 2 aromatic carbocycles. The van der Waals surface area contributed by atoms with E-state index in [0.29, 0.717) is 42.6 Å². The van der Waals surface area contributed by atoms with Crippen molar-refractivity contribution in [2.75, 3.05) is 22.8 Å². The molecule has 0 atom stereocenters. The van der Waals surface area contributed by atoms with Crippen LogP contribution >= 0.6 is 0 Å². The first-order chi connectivity index (χ1) is 12.8. The van der Waals surface area contributed by atoms with E-state index in [-0.39, 0.29) is 10.8 Å². The van der Waals surface area contributed by atoms with Gasteiger partial charge in [-0.15, -0.1) is 0 Å². The fourth-order valence-corrected chi connectivity index (χ4v) is 3.90. The molecule has 144 valence electrons. The van der Waals surface area contributed by atoms with Gasteiger partial charge in [-0.05, 0) is 54.8 Å². The van der Waals surface area contributed by atoms with Gasteiger partial charge in [-0.1, -0.05) is 19.9 Å². The predicted octanol–water partition coefficient (Wildman–Crippen LogP) is 3.65. The molecule has 2 aromatic rings. The molecule has 1 fully saturated rings. The third-order valence-corrected chi connectivity index (χ3v) is 5.60. The Bertz CT molecular complexity index is 908. The van der Waals surface area contributed by atoms with Crippen molar-refractivity contribution < 1.29 is 17.9 Å². The molecule has 0 unspecified atom stereocenters. The maximum atomic E-state index is 12.6. The second kappa shape index (κ2) is 8.00. The zero-order valence-corrected chi connectivity index (χ0v) is 16.3. The molecule has 1 saturated heterocycles. The van der Waals surface area contributed by atoms with Gasteiger partial charge in [-0.25, -0.2) is 8.42 Å². The average molecular weight is 388 g/mol. The van der Waals surface area contributed by atoms with E-state index in [0.717, 1.165) is 6.42 Å². The Kier molecular flexibility index (Phi) is 5.70. The molecule has 6 nitrogen and oxygen atoms in total. The fourth-order valence-electron chi connectivity index (χ4n) is 2.85. The van der Waals surface area contributed by atoms with Crippen LogP contribution in [0.4, 0.5) is 11.4 Å². The van der Waals surface area contributed by atoms with Gasteiger partial charge in [0.25, 0.3) is 10.0 Å². The number of anilines is 2. The first-order valence-corrected chi connectivity index (χ1v) is 10.5. The zero-order valence-electron chi connectivity index (χ0n) is 15.5. The summed E-state index contributed by atoms with van der Waals surface area (Å²) in [7, 11) is -3.72. The zero-order chi connectivity index (χ0) is 19.4. The SMILES string of the molecule is CC(C)COc1ccc(S(=O)(=O)Nc2cccc(N3CCCC3=O)c2)cc1. The average Bonchev–Trinajstić information content (AvgIpc) is 3.06. The molecule has 1 aliphatic heterocycles. The minimum atomic E-state index is -3.72. The van der Waals surface area contributed by atoms with Crippen molar-refractivity contribution >= 4 is 27.3 Å². The largest absolute Gasteiger partial charge is 0.493 e. The Hall–Kier alpha value is -2.54. The van der Waals surface area contributed by atoms with Crippen molar-refractivity contribution in [2.45, 2.75) is 31.6 Å². The Morgan fingerprint density at radius 3 is 2.52 bits per heavy atom. The highest BCUT2D eigenvalue weighted by Crippen LogP contribution is 2.26. The molecule has 0 saturated carbocycles. The Morgan fingerprint density at radius 1 is 1.15 bits per heavy atom. The number of hydrogen-bond acceptors (Lipinski definition) is 4. The minimum Gasteiger partial charge on any atom is -0.493 e. The Labute approximate surface area is 160 Å². The maximum Gasteiger partial charge on any atom is 0.261 e. The van der Waals surface area contributed by atoms with Gasteiger partial charge in [0.2, 0.25) is 5.91 Å². The lowest BCUT2D eigenvalue weighted by Gasteiger charge is -2.17. The van der Waals surface area contributed by atoms with Crippen LogP contribution in [0.3, 0.4) is 0 Å². The highest BCUT2D eigenvalue weighted by atomic mass is 32.2. The van der Waals surface area contributed by atoms with E-state index < -0.39 is 10.0 Å². The van der Waals surface area contributed by atoms with Gasteiger partial charge in [-0.2, -0.15) is 0 Å². The monoisotopic (exact) mass is 388 g/mol. The normalized spacial score (nSPS) is 14.6. The van der Waals surface area contributed by atoms with Gasteiger partial charge in [0.15, 0.2) is 0 Å². The highest BCUT2D eigenvalue weighted by Gasteiger charge is 2.22. The summed E-state index contributed by atoms with van der Waals surface area (Å²) in [5.74, 6) is 1.09. The number of rotatable bonds is 7. The van der Waals surface area contributed by atoms with Gasteiger partial charge in [0.05, 0.1) is 17.2 Å². The van der Waals surface area contributed by atoms with E-state index in [1.54, 1.807) is 35.2 Å². The first kappa shape index (κ1) is 19.2. The summed E-state index contributed by atoms with van der Waals surface area (Å²) in [5.41, 5.74) is 1.13. The topological polar surface area (TPSA) is 75.7 Å². The van der Waals surface area contributed by atoms with Gasteiger partial charge in [0, 0.05) is 18.7 Å². The lowest BCUT2D eigenvalue weighted by atomic mass is 10.2. The molecule has 1 heterocycles. The number of hydrogen-bond donors (Lipinski definition) is 1. The van der Waals surface area contributed by atoms with Gasteiger partial charge >= 0.3 is 0 Å². The van der Waals surface area contributed by atoms with Crippen molar-refractivity contribution in [2.24, 2.45) is 5.92 Å². The summed E-state index contributed by atoms with van der Waals surface area (Å²) >= 11 is 0. The Balaban J connectivity index is 1.73. The second-order valence-electron chi connectivity index (χ2n) is 6.98. The Morgan fingerprint density at radius 2 is 1.89 bits per heavy atom. The number of sulfonamides is 1. The molecule has 3 rings (SSSR count). The molecular weight excluding hydrogens is 364 g/mol. The predicted molar refractivity (Wildman–Crippen MR) is 106 cm³/mol. The van der Waals surface area contributed by atoms with E-state index in [2.05, 4.69) is 4.72 Å². The van der Waals surface area contributed by atoms with Crippen LogP contribution in [0.25, 0.3) is 0 Å². The number of ether oxygens (including phenoxy) is 1. The summed E-state index contributed by atoms with van der Waals surface area (Å²) < 4.78 is 33.4. The van der Waals surface area contributed by atoms with Crippen LogP contribution < -0.4 is 14.4 Å². The lowest BCUT2D eigenvalue weighted by Crippen LogP contribution is -2.23. The minimum absolute atomic E-state index is 0.0620. The number of amides is 1. The van der Waals surface area contributed by atoms with Gasteiger partial charge < -0.3 is 9.64 Å². The van der Waals surface area contributed by atoms with Crippen molar-refractivity contribution in [3.8, 4) is 5.75 Å². The summed E-state index contributed by atoms with van der Waals surface area (Å²) in [6, 6.07) is 13.2. The maximum absolute atomic E-state index is 12.6. The molecule has 1 amide bonds. The standard InChI is InChI=1S/C20H24N2O4S/c1-15(2)14-26-18-8-10-19(11-9-18)27(24,25)21-16-5-3-6-17(13-16)22-12-4-7-20(22)23/h3,5-6,8-11,13,15,21H,4,7,12,14H2,1-2H3. The molecule has 27 heavy (non-hydrogen) atoms. The molecule has 1 aliphatic rings. The first-order valence-electron chi connectivity index (χ1n) is 9.01. The van der Waals surface area contributed by atoms with Gasteiger partial charge in [-0.3, -0.25) is 9.52 Å². The summed E-state index contributed by atoms with van der Waals surface area (Å²) in [6.45, 7) is 5.33. The van der Waals surface area contributed by atoms with E-state index in [1.807, 2.05) is 19.9 Å². The third kappa shape index (κ3) is 4.80. The summed E-state index contributed by atoms with van der Waals surface area (Å²) in [4.78, 5) is 13.7. The van der Waals surface area contributed by atoms with E-state index in [9.17, 15) is 13.2 Å². The molecule has 1 N–H and O–H groups in total. The summed E-state index contributed by atoms with van der Waals surface area (Å²) in [5, 5.41) is 0. The van der Waals surface area contributed by atoms with Crippen LogP contribution in [0.2, 0.25) is 0 Å². The van der Waals surface area contributed by atoms with E-state index in [1.165, 1.54) is 12.1 Å². The van der Waals surface area contributed by atoms with Crippen LogP contribution in [-0.4, -0.2) is 27.5 Å². The van der Waals surface area contributed by atoms with Crippen molar-refractivity contribution in [1.82, 2.24) is 0 Å². The van der Waals surface area contributed by atoms with Crippen LogP contribution in [0.1, 0.15) is 26.7 Å². The number of nitrogens with zero attached hydrogens (tertiary/aromatic N) is 1. The number of carbonyl (C=O) groups excluding carboxylic acids is 1. The third-order valence-electron chi connectivity index (χ3n) is 4.20. The fraction of sp³-hybridized carbons (Fsp3) is 0.350. The van der Waals surface area contributed by atoms with Crippen LogP contribution in [0.15, 0.2) is 53.4 Å². The van der Waals surface area contributed by atoms with Crippen LogP contribution in [-0.2, 0) is 14.8 Å². The molecule has 7 heteroatoms. The van der Waals surface area contributed by atoms with Crippen molar-refractivity contribution in [3.05, 3.63) is 48.5 Å².